The maximum atomic E-state index is 12.7. The Labute approximate surface area is 147 Å². The minimum Gasteiger partial charge on any atom is -0.338 e. The van der Waals surface area contributed by atoms with Gasteiger partial charge < -0.3 is 9.51 Å². The highest BCUT2D eigenvalue weighted by Gasteiger charge is 2.33. The van der Waals surface area contributed by atoms with E-state index >= 15 is 0 Å². The largest absolute Gasteiger partial charge is 0.433 e. The molecule has 11 heteroatoms. The fourth-order valence-corrected chi connectivity index (χ4v) is 2.74. The third kappa shape index (κ3) is 4.40. The van der Waals surface area contributed by atoms with E-state index in [4.69, 9.17) is 16.1 Å². The van der Waals surface area contributed by atoms with Gasteiger partial charge in [-0.1, -0.05) is 40.7 Å². The van der Waals surface area contributed by atoms with Crippen molar-refractivity contribution in [2.45, 2.75) is 17.1 Å². The third-order valence-corrected chi connectivity index (χ3v) is 3.99. The molecule has 25 heavy (non-hydrogen) atoms. The molecule has 0 saturated heterocycles. The van der Waals surface area contributed by atoms with E-state index in [9.17, 15) is 18.0 Å². The smallest absolute Gasteiger partial charge is 0.338 e. The zero-order valence-corrected chi connectivity index (χ0v) is 13.7. The van der Waals surface area contributed by atoms with Crippen molar-refractivity contribution in [1.82, 2.24) is 20.1 Å². The summed E-state index contributed by atoms with van der Waals surface area (Å²) in [7, 11) is 0. The van der Waals surface area contributed by atoms with Crippen molar-refractivity contribution in [2.24, 2.45) is 0 Å². The van der Waals surface area contributed by atoms with Crippen LogP contribution in [0, 0.1) is 0 Å². The Balaban J connectivity index is 1.75. The van der Waals surface area contributed by atoms with Gasteiger partial charge in [0.05, 0.1) is 5.75 Å². The van der Waals surface area contributed by atoms with Crippen LogP contribution in [-0.4, -0.2) is 20.1 Å². The quantitative estimate of drug-likeness (QED) is 0.540. The van der Waals surface area contributed by atoms with Gasteiger partial charge in [-0.25, -0.2) is 4.98 Å². The first-order valence-corrected chi connectivity index (χ1v) is 8.07. The first-order chi connectivity index (χ1) is 11.8. The summed E-state index contributed by atoms with van der Waals surface area (Å²) in [5.41, 5.74) is -1.52. The van der Waals surface area contributed by atoms with Crippen LogP contribution in [0.2, 0.25) is 5.02 Å². The van der Waals surface area contributed by atoms with Crippen molar-refractivity contribution in [3.63, 3.8) is 0 Å². The summed E-state index contributed by atoms with van der Waals surface area (Å²) in [5.74, 6) is 0.501. The van der Waals surface area contributed by atoms with Gasteiger partial charge in [0.15, 0.2) is 10.9 Å². The van der Waals surface area contributed by atoms with Crippen LogP contribution in [0.1, 0.15) is 11.6 Å². The number of rotatable bonds is 4. The lowest BCUT2D eigenvalue weighted by Crippen LogP contribution is -2.16. The average molecular weight is 389 g/mol. The number of hydrogen-bond acceptors (Lipinski definition) is 6. The highest BCUT2D eigenvalue weighted by atomic mass is 35.5. The Morgan fingerprint density at radius 1 is 1.24 bits per heavy atom. The number of aromatic nitrogens is 4. The summed E-state index contributed by atoms with van der Waals surface area (Å²) in [6.45, 7) is 0. The van der Waals surface area contributed by atoms with Crippen LogP contribution >= 0.6 is 23.4 Å². The summed E-state index contributed by atoms with van der Waals surface area (Å²) in [4.78, 5) is 21.0. The predicted molar refractivity (Wildman–Crippen MR) is 84.2 cm³/mol. The average Bonchev–Trinajstić information content (AvgIpc) is 3.01. The highest BCUT2D eigenvalue weighted by molar-refractivity contribution is 7.98. The van der Waals surface area contributed by atoms with Crippen LogP contribution in [-0.2, 0) is 11.9 Å². The number of nitrogens with zero attached hydrogens (tertiary/aromatic N) is 3. The van der Waals surface area contributed by atoms with Crippen LogP contribution in [0.4, 0.5) is 13.2 Å². The molecule has 0 radical (unpaired) electrons. The summed E-state index contributed by atoms with van der Waals surface area (Å²) in [6.07, 6.45) is -4.70. The van der Waals surface area contributed by atoms with Crippen LogP contribution < -0.4 is 5.56 Å². The number of aromatic amines is 1. The second-order valence-electron chi connectivity index (χ2n) is 4.74. The molecule has 1 aromatic carbocycles. The van der Waals surface area contributed by atoms with Gasteiger partial charge in [0.2, 0.25) is 11.7 Å². The van der Waals surface area contributed by atoms with Crippen molar-refractivity contribution < 1.29 is 17.7 Å². The molecule has 0 saturated carbocycles. The van der Waals surface area contributed by atoms with Crippen molar-refractivity contribution in [3.8, 4) is 11.4 Å². The van der Waals surface area contributed by atoms with Gasteiger partial charge in [-0.05, 0) is 12.1 Å². The van der Waals surface area contributed by atoms with E-state index in [-0.39, 0.29) is 16.8 Å². The molecular formula is C14H8ClF3N4O2S. The third-order valence-electron chi connectivity index (χ3n) is 2.89. The second-order valence-corrected chi connectivity index (χ2v) is 6.14. The molecule has 0 bridgehead atoms. The van der Waals surface area contributed by atoms with Crippen LogP contribution in [0.15, 0.2) is 44.8 Å². The van der Waals surface area contributed by atoms with Crippen molar-refractivity contribution in [3.05, 3.63) is 57.3 Å². The number of thioether (sulfide) groups is 1. The molecule has 0 aliphatic carbocycles. The fraction of sp³-hybridized carbons (Fsp3) is 0.143. The van der Waals surface area contributed by atoms with Gasteiger partial charge in [0, 0.05) is 16.7 Å². The van der Waals surface area contributed by atoms with Crippen molar-refractivity contribution in [1.29, 1.82) is 0 Å². The molecular weight excluding hydrogens is 381 g/mol. The van der Waals surface area contributed by atoms with Crippen LogP contribution in [0.3, 0.4) is 0 Å². The zero-order chi connectivity index (χ0) is 18.0. The van der Waals surface area contributed by atoms with Crippen LogP contribution in [0.5, 0.6) is 0 Å². The highest BCUT2D eigenvalue weighted by Crippen LogP contribution is 2.28. The van der Waals surface area contributed by atoms with E-state index in [0.717, 1.165) is 11.8 Å². The molecule has 0 fully saturated rings. The number of hydrogen-bond donors (Lipinski definition) is 1. The SMILES string of the molecule is O=c1cc(C(F)(F)F)nc(SCc2nc(-c3cccc(Cl)c3)no2)[nH]1. The zero-order valence-electron chi connectivity index (χ0n) is 12.2. The Morgan fingerprint density at radius 2 is 2.04 bits per heavy atom. The lowest BCUT2D eigenvalue weighted by atomic mass is 10.2. The molecule has 130 valence electrons. The molecule has 3 rings (SSSR count). The van der Waals surface area contributed by atoms with E-state index < -0.39 is 17.4 Å². The minimum absolute atomic E-state index is 0.0395. The van der Waals surface area contributed by atoms with Gasteiger partial charge in [0.1, 0.15) is 0 Å². The standard InChI is InChI=1S/C14H8ClF3N4O2S/c15-8-3-1-2-7(4-8)12-21-11(24-22-12)6-25-13-19-9(14(16,17)18)5-10(23)20-13/h1-5H,6H2,(H,19,20,23). The lowest BCUT2D eigenvalue weighted by Gasteiger charge is -2.06. The summed E-state index contributed by atoms with van der Waals surface area (Å²) in [6, 6.07) is 7.19. The molecule has 2 aromatic heterocycles. The topological polar surface area (TPSA) is 84.7 Å². The Kier molecular flexibility index (Phi) is 4.82. The maximum Gasteiger partial charge on any atom is 0.433 e. The van der Waals surface area contributed by atoms with E-state index in [1.54, 1.807) is 24.3 Å². The minimum atomic E-state index is -4.70. The van der Waals surface area contributed by atoms with Crippen molar-refractivity contribution in [2.75, 3.05) is 0 Å². The molecule has 1 N–H and O–H groups in total. The van der Waals surface area contributed by atoms with E-state index in [0.29, 0.717) is 22.5 Å². The fourth-order valence-electron chi connectivity index (χ4n) is 1.84. The van der Waals surface area contributed by atoms with Gasteiger partial charge in [0.25, 0.3) is 5.56 Å². The van der Waals surface area contributed by atoms with Gasteiger partial charge in [-0.3, -0.25) is 4.79 Å². The van der Waals surface area contributed by atoms with Gasteiger partial charge in [-0.2, -0.15) is 18.2 Å². The molecule has 0 amide bonds. The summed E-state index contributed by atoms with van der Waals surface area (Å²) >= 11 is 6.73. The molecule has 0 spiro atoms. The van der Waals surface area contributed by atoms with E-state index in [1.165, 1.54) is 0 Å². The Hall–Kier alpha value is -2.33. The monoisotopic (exact) mass is 388 g/mol. The number of alkyl halides is 3. The number of nitrogens with one attached hydrogen (secondary N) is 1. The lowest BCUT2D eigenvalue weighted by molar-refractivity contribution is -0.141. The molecule has 0 aliphatic rings. The van der Waals surface area contributed by atoms with Gasteiger partial charge >= 0.3 is 6.18 Å². The van der Waals surface area contributed by atoms with E-state index in [2.05, 4.69) is 20.1 Å². The first kappa shape index (κ1) is 17.5. The Morgan fingerprint density at radius 3 is 2.76 bits per heavy atom. The molecule has 0 atom stereocenters. The molecule has 0 unspecified atom stereocenters. The summed E-state index contributed by atoms with van der Waals surface area (Å²) in [5, 5.41) is 4.10. The maximum absolute atomic E-state index is 12.7. The number of halogens is 4. The number of benzene rings is 1. The number of H-pyrrole nitrogens is 1. The van der Waals surface area contributed by atoms with E-state index in [1.807, 2.05) is 0 Å². The molecule has 2 heterocycles. The van der Waals surface area contributed by atoms with Gasteiger partial charge in [-0.15, -0.1) is 0 Å². The summed E-state index contributed by atoms with van der Waals surface area (Å²) < 4.78 is 43.0. The molecule has 3 aromatic rings. The Bertz CT molecular complexity index is 957. The first-order valence-electron chi connectivity index (χ1n) is 6.71. The molecule has 0 aliphatic heterocycles. The second kappa shape index (κ2) is 6.89. The predicted octanol–water partition coefficient (Wildman–Crippen LogP) is 3.78. The molecule has 6 nitrogen and oxygen atoms in total. The van der Waals surface area contributed by atoms with Crippen LogP contribution in [0.25, 0.3) is 11.4 Å². The normalized spacial score (nSPS) is 11.7. The van der Waals surface area contributed by atoms with Crippen molar-refractivity contribution >= 4 is 23.4 Å².